The minimum absolute atomic E-state index is 0.206. The molecule has 0 amide bonds. The first kappa shape index (κ1) is 15.5. The summed E-state index contributed by atoms with van der Waals surface area (Å²) in [5.74, 6) is 1.91. The molecule has 1 heterocycles. The molecule has 2 aromatic rings. The van der Waals surface area contributed by atoms with Gasteiger partial charge in [-0.3, -0.25) is 0 Å². The van der Waals surface area contributed by atoms with Crippen molar-refractivity contribution in [2.24, 2.45) is 7.05 Å². The highest BCUT2D eigenvalue weighted by Gasteiger charge is 2.07. The molecule has 0 aliphatic heterocycles. The molecule has 5 nitrogen and oxygen atoms in total. The third-order valence-electron chi connectivity index (χ3n) is 3.36. The van der Waals surface area contributed by atoms with Crippen molar-refractivity contribution in [2.75, 3.05) is 6.54 Å². The summed E-state index contributed by atoms with van der Waals surface area (Å²) in [5, 5.41) is 11.5. The lowest BCUT2D eigenvalue weighted by molar-refractivity contribution is 0.242. The molecule has 114 valence electrons. The number of hydrogen-bond acceptors (Lipinski definition) is 4. The van der Waals surface area contributed by atoms with E-state index < -0.39 is 0 Å². The maximum absolute atomic E-state index is 5.65. The zero-order valence-corrected chi connectivity index (χ0v) is 13.2. The Labute approximate surface area is 126 Å². The summed E-state index contributed by atoms with van der Waals surface area (Å²) in [6.45, 7) is 7.10. The lowest BCUT2D eigenvalue weighted by atomic mass is 10.1. The van der Waals surface area contributed by atoms with Crippen molar-refractivity contribution in [1.29, 1.82) is 0 Å². The monoisotopic (exact) mass is 288 g/mol. The fraction of sp³-hybridized carbons (Fsp3) is 0.500. The lowest BCUT2D eigenvalue weighted by Gasteiger charge is -2.15. The van der Waals surface area contributed by atoms with E-state index in [0.717, 1.165) is 24.5 Å². The molecule has 5 heteroatoms. The number of ether oxygens (including phenoxy) is 1. The van der Waals surface area contributed by atoms with Gasteiger partial charge in [0.2, 0.25) is 0 Å². The molecule has 0 radical (unpaired) electrons. The van der Waals surface area contributed by atoms with Crippen molar-refractivity contribution in [1.82, 2.24) is 20.1 Å². The summed E-state index contributed by atoms with van der Waals surface area (Å²) in [6, 6.07) is 8.56. The fourth-order valence-corrected chi connectivity index (χ4v) is 2.16. The Morgan fingerprint density at radius 1 is 1.19 bits per heavy atom. The van der Waals surface area contributed by atoms with Crippen LogP contribution in [-0.4, -0.2) is 27.4 Å². The van der Waals surface area contributed by atoms with Gasteiger partial charge < -0.3 is 14.6 Å². The highest BCUT2D eigenvalue weighted by molar-refractivity contribution is 5.29. The minimum Gasteiger partial charge on any atom is -0.491 e. The first-order valence-electron chi connectivity index (χ1n) is 7.39. The first-order chi connectivity index (χ1) is 10.1. The molecule has 21 heavy (non-hydrogen) atoms. The average molecular weight is 288 g/mol. The van der Waals surface area contributed by atoms with Crippen molar-refractivity contribution < 1.29 is 4.74 Å². The highest BCUT2D eigenvalue weighted by atomic mass is 16.5. The molecule has 0 saturated carbocycles. The van der Waals surface area contributed by atoms with E-state index in [1.807, 2.05) is 37.6 Å². The van der Waals surface area contributed by atoms with Gasteiger partial charge in [-0.05, 0) is 38.5 Å². The Kier molecular flexibility index (Phi) is 5.33. The summed E-state index contributed by atoms with van der Waals surface area (Å²) < 4.78 is 7.60. The number of aromatic nitrogens is 3. The molecule has 1 unspecified atom stereocenters. The summed E-state index contributed by atoms with van der Waals surface area (Å²) in [4.78, 5) is 0. The second-order valence-corrected chi connectivity index (χ2v) is 5.52. The van der Waals surface area contributed by atoms with Gasteiger partial charge in [0.05, 0.1) is 6.10 Å². The largest absolute Gasteiger partial charge is 0.491 e. The number of aryl methyl sites for hydroxylation is 1. The molecule has 0 bridgehead atoms. The smallest absolute Gasteiger partial charge is 0.133 e. The van der Waals surface area contributed by atoms with Crippen LogP contribution in [0.1, 0.15) is 38.2 Å². The van der Waals surface area contributed by atoms with E-state index >= 15 is 0 Å². The highest BCUT2D eigenvalue weighted by Crippen LogP contribution is 2.18. The van der Waals surface area contributed by atoms with E-state index in [9.17, 15) is 0 Å². The minimum atomic E-state index is 0.206. The van der Waals surface area contributed by atoms with Gasteiger partial charge in [0.25, 0.3) is 0 Å². The summed E-state index contributed by atoms with van der Waals surface area (Å²) in [7, 11) is 1.96. The summed E-state index contributed by atoms with van der Waals surface area (Å²) >= 11 is 0. The van der Waals surface area contributed by atoms with Gasteiger partial charge >= 0.3 is 0 Å². The van der Waals surface area contributed by atoms with Crippen LogP contribution in [-0.2, 0) is 13.5 Å². The SMILES string of the molecule is CC(C)Oc1ccc(C(C)NCCc2nncn2C)cc1. The molecule has 2 rings (SSSR count). The van der Waals surface area contributed by atoms with Gasteiger partial charge in [-0.25, -0.2) is 0 Å². The average Bonchev–Trinajstić information content (AvgIpc) is 2.84. The van der Waals surface area contributed by atoms with E-state index in [4.69, 9.17) is 4.74 Å². The normalized spacial score (nSPS) is 12.6. The van der Waals surface area contributed by atoms with Gasteiger partial charge in [0.1, 0.15) is 17.9 Å². The Morgan fingerprint density at radius 2 is 1.90 bits per heavy atom. The van der Waals surface area contributed by atoms with Crippen LogP contribution in [0.25, 0.3) is 0 Å². The van der Waals surface area contributed by atoms with Gasteiger partial charge in [0.15, 0.2) is 0 Å². The Hall–Kier alpha value is -1.88. The van der Waals surface area contributed by atoms with E-state index in [-0.39, 0.29) is 6.10 Å². The van der Waals surface area contributed by atoms with Crippen molar-refractivity contribution in [3.8, 4) is 5.75 Å². The van der Waals surface area contributed by atoms with E-state index in [1.165, 1.54) is 5.56 Å². The molecular weight excluding hydrogens is 264 g/mol. The third kappa shape index (κ3) is 4.56. The second-order valence-electron chi connectivity index (χ2n) is 5.52. The zero-order chi connectivity index (χ0) is 15.2. The zero-order valence-electron chi connectivity index (χ0n) is 13.2. The number of benzene rings is 1. The molecule has 1 aromatic heterocycles. The molecule has 0 aliphatic carbocycles. The standard InChI is InChI=1S/C16H24N4O/c1-12(2)21-15-7-5-14(6-8-15)13(3)17-10-9-16-19-18-11-20(16)4/h5-8,11-13,17H,9-10H2,1-4H3. The molecule has 1 aromatic carbocycles. The number of rotatable bonds is 7. The van der Waals surface area contributed by atoms with Crippen LogP contribution in [0.5, 0.6) is 5.75 Å². The molecule has 1 atom stereocenters. The summed E-state index contributed by atoms with van der Waals surface area (Å²) in [5.41, 5.74) is 1.25. The van der Waals surface area contributed by atoms with Crippen molar-refractivity contribution in [3.05, 3.63) is 42.0 Å². The Bertz CT molecular complexity index is 548. The molecule has 0 spiro atoms. The van der Waals surface area contributed by atoms with E-state index in [1.54, 1.807) is 6.33 Å². The van der Waals surface area contributed by atoms with E-state index in [2.05, 4.69) is 34.6 Å². The predicted molar refractivity (Wildman–Crippen MR) is 83.3 cm³/mol. The lowest BCUT2D eigenvalue weighted by Crippen LogP contribution is -2.22. The van der Waals surface area contributed by atoms with Gasteiger partial charge in [-0.15, -0.1) is 10.2 Å². The van der Waals surface area contributed by atoms with Crippen LogP contribution in [0.15, 0.2) is 30.6 Å². The van der Waals surface area contributed by atoms with Crippen LogP contribution >= 0.6 is 0 Å². The van der Waals surface area contributed by atoms with Crippen molar-refractivity contribution >= 4 is 0 Å². The number of nitrogens with one attached hydrogen (secondary N) is 1. The van der Waals surface area contributed by atoms with Crippen LogP contribution in [0.2, 0.25) is 0 Å². The second kappa shape index (κ2) is 7.22. The van der Waals surface area contributed by atoms with Crippen LogP contribution in [0.3, 0.4) is 0 Å². The number of nitrogens with zero attached hydrogens (tertiary/aromatic N) is 3. The summed E-state index contributed by atoms with van der Waals surface area (Å²) in [6.07, 6.45) is 2.81. The third-order valence-corrected chi connectivity index (χ3v) is 3.36. The van der Waals surface area contributed by atoms with Crippen LogP contribution in [0, 0.1) is 0 Å². The van der Waals surface area contributed by atoms with Crippen LogP contribution in [0.4, 0.5) is 0 Å². The molecule has 0 aliphatic rings. The predicted octanol–water partition coefficient (Wildman–Crippen LogP) is 2.50. The van der Waals surface area contributed by atoms with Crippen molar-refractivity contribution in [3.63, 3.8) is 0 Å². The van der Waals surface area contributed by atoms with Crippen LogP contribution < -0.4 is 10.1 Å². The quantitative estimate of drug-likeness (QED) is 0.850. The number of hydrogen-bond donors (Lipinski definition) is 1. The molecule has 0 fully saturated rings. The molecule has 0 saturated heterocycles. The van der Waals surface area contributed by atoms with Gasteiger partial charge in [0, 0.05) is 26.1 Å². The molecule has 1 N–H and O–H groups in total. The van der Waals surface area contributed by atoms with Crippen molar-refractivity contribution in [2.45, 2.75) is 39.3 Å². The topological polar surface area (TPSA) is 52.0 Å². The van der Waals surface area contributed by atoms with Gasteiger partial charge in [-0.1, -0.05) is 12.1 Å². The molecular formula is C16H24N4O. The maximum Gasteiger partial charge on any atom is 0.133 e. The fourth-order valence-electron chi connectivity index (χ4n) is 2.16. The van der Waals surface area contributed by atoms with Gasteiger partial charge in [-0.2, -0.15) is 0 Å². The first-order valence-corrected chi connectivity index (χ1v) is 7.39. The maximum atomic E-state index is 5.65. The Morgan fingerprint density at radius 3 is 2.48 bits per heavy atom. The Balaban J connectivity index is 1.82. The van der Waals surface area contributed by atoms with E-state index in [0.29, 0.717) is 6.04 Å².